The van der Waals surface area contributed by atoms with Gasteiger partial charge >= 0.3 is 6.09 Å². The maximum Gasteiger partial charge on any atom is 0.410 e. The van der Waals surface area contributed by atoms with Gasteiger partial charge in [-0.15, -0.1) is 0 Å². The first kappa shape index (κ1) is 17.1. The molecule has 0 bridgehead atoms. The molecule has 2 rings (SSSR count). The standard InChI is InChI=1S/C18H23NO4/c1-6-14(19(5)17(21)23-18(2,3)4)16(20)13-7-8-15-12(11-13)9-10-22-15/h7-11,14H,6H2,1-5H3/t14-/m0/s1. The molecule has 0 aliphatic heterocycles. The molecule has 0 saturated carbocycles. The molecule has 1 aromatic heterocycles. The van der Waals surface area contributed by atoms with Crippen molar-refractivity contribution in [2.24, 2.45) is 0 Å². The van der Waals surface area contributed by atoms with Gasteiger partial charge in [-0.25, -0.2) is 4.79 Å². The number of ketones is 1. The number of carbonyl (C=O) groups is 2. The molecule has 0 fully saturated rings. The molecule has 0 saturated heterocycles. The second-order valence-electron chi connectivity index (χ2n) is 6.55. The van der Waals surface area contributed by atoms with E-state index < -0.39 is 17.7 Å². The van der Waals surface area contributed by atoms with Crippen LogP contribution in [0.3, 0.4) is 0 Å². The van der Waals surface area contributed by atoms with Crippen LogP contribution in [0.15, 0.2) is 34.9 Å². The van der Waals surface area contributed by atoms with E-state index in [1.807, 2.05) is 13.0 Å². The Morgan fingerprint density at radius 1 is 1.26 bits per heavy atom. The van der Waals surface area contributed by atoms with E-state index in [-0.39, 0.29) is 5.78 Å². The fourth-order valence-corrected chi connectivity index (χ4v) is 2.41. The van der Waals surface area contributed by atoms with Crippen LogP contribution in [0.1, 0.15) is 44.5 Å². The molecule has 0 unspecified atom stereocenters. The van der Waals surface area contributed by atoms with E-state index >= 15 is 0 Å². The molecule has 5 nitrogen and oxygen atoms in total. The van der Waals surface area contributed by atoms with Crippen LogP contribution in [0, 0.1) is 0 Å². The van der Waals surface area contributed by atoms with Gasteiger partial charge in [-0.3, -0.25) is 4.79 Å². The van der Waals surface area contributed by atoms with E-state index in [9.17, 15) is 9.59 Å². The van der Waals surface area contributed by atoms with Crippen LogP contribution >= 0.6 is 0 Å². The molecule has 1 amide bonds. The number of benzene rings is 1. The molecule has 1 heterocycles. The minimum absolute atomic E-state index is 0.107. The number of rotatable bonds is 4. The third-order valence-corrected chi connectivity index (χ3v) is 3.58. The topological polar surface area (TPSA) is 59.8 Å². The molecule has 1 atom stereocenters. The first-order valence-electron chi connectivity index (χ1n) is 7.70. The molecule has 0 aliphatic rings. The molecule has 0 radical (unpaired) electrons. The lowest BCUT2D eigenvalue weighted by Crippen LogP contribution is -2.44. The van der Waals surface area contributed by atoms with Gasteiger partial charge in [-0.2, -0.15) is 0 Å². The van der Waals surface area contributed by atoms with E-state index in [4.69, 9.17) is 9.15 Å². The smallest absolute Gasteiger partial charge is 0.410 e. The first-order valence-corrected chi connectivity index (χ1v) is 7.70. The second kappa shape index (κ2) is 6.44. The summed E-state index contributed by atoms with van der Waals surface area (Å²) in [4.78, 5) is 26.3. The predicted molar refractivity (Wildman–Crippen MR) is 88.6 cm³/mol. The van der Waals surface area contributed by atoms with Gasteiger partial charge in [0.05, 0.1) is 12.3 Å². The van der Waals surface area contributed by atoms with Crippen molar-refractivity contribution in [3.8, 4) is 0 Å². The summed E-state index contributed by atoms with van der Waals surface area (Å²) in [5.74, 6) is -0.107. The number of amides is 1. The number of furan rings is 1. The molecular weight excluding hydrogens is 294 g/mol. The second-order valence-corrected chi connectivity index (χ2v) is 6.55. The lowest BCUT2D eigenvalue weighted by Gasteiger charge is -2.29. The summed E-state index contributed by atoms with van der Waals surface area (Å²) in [6.07, 6.45) is 1.60. The zero-order valence-corrected chi connectivity index (χ0v) is 14.3. The van der Waals surface area contributed by atoms with Gasteiger partial charge in [-0.1, -0.05) is 6.92 Å². The van der Waals surface area contributed by atoms with Crippen molar-refractivity contribution in [1.82, 2.24) is 4.90 Å². The van der Waals surface area contributed by atoms with Crippen molar-refractivity contribution >= 4 is 22.8 Å². The van der Waals surface area contributed by atoms with E-state index in [0.717, 1.165) is 11.0 Å². The van der Waals surface area contributed by atoms with Crippen LogP contribution in [-0.4, -0.2) is 35.5 Å². The lowest BCUT2D eigenvalue weighted by atomic mass is 10.00. The van der Waals surface area contributed by atoms with E-state index in [1.165, 1.54) is 4.90 Å². The van der Waals surface area contributed by atoms with Crippen molar-refractivity contribution < 1.29 is 18.7 Å². The van der Waals surface area contributed by atoms with Crippen LogP contribution in [0.4, 0.5) is 4.79 Å². The number of nitrogens with zero attached hydrogens (tertiary/aromatic N) is 1. The van der Waals surface area contributed by atoms with Crippen molar-refractivity contribution in [2.45, 2.75) is 45.8 Å². The number of likely N-dealkylation sites (N-methyl/N-ethyl adjacent to an activating group) is 1. The summed E-state index contributed by atoms with van der Waals surface area (Å²) >= 11 is 0. The van der Waals surface area contributed by atoms with Gasteiger partial charge in [0.2, 0.25) is 0 Å². The first-order chi connectivity index (χ1) is 10.7. The number of hydrogen-bond donors (Lipinski definition) is 0. The highest BCUT2D eigenvalue weighted by Gasteiger charge is 2.29. The van der Waals surface area contributed by atoms with E-state index in [2.05, 4.69) is 0 Å². The highest BCUT2D eigenvalue weighted by molar-refractivity contribution is 6.03. The Balaban J connectivity index is 2.21. The summed E-state index contributed by atoms with van der Waals surface area (Å²) in [7, 11) is 1.59. The Bertz CT molecular complexity index is 711. The normalized spacial score (nSPS) is 12.9. The SMILES string of the molecule is CC[C@@H](C(=O)c1ccc2occc2c1)N(C)C(=O)OC(C)(C)C. The largest absolute Gasteiger partial charge is 0.464 e. The van der Waals surface area contributed by atoms with Gasteiger partial charge < -0.3 is 14.1 Å². The number of ether oxygens (including phenoxy) is 1. The average molecular weight is 317 g/mol. The van der Waals surface area contributed by atoms with Crippen molar-refractivity contribution in [2.75, 3.05) is 7.05 Å². The monoisotopic (exact) mass is 317 g/mol. The third kappa shape index (κ3) is 3.92. The van der Waals surface area contributed by atoms with Gasteiger partial charge in [0, 0.05) is 18.0 Å². The van der Waals surface area contributed by atoms with Crippen LogP contribution < -0.4 is 0 Å². The van der Waals surface area contributed by atoms with Gasteiger partial charge in [-0.05, 0) is 51.5 Å². The Kier molecular flexibility index (Phi) is 4.78. The minimum atomic E-state index is -0.595. The highest BCUT2D eigenvalue weighted by atomic mass is 16.6. The number of carbonyl (C=O) groups excluding carboxylic acids is 2. The molecule has 0 spiro atoms. The maximum atomic E-state index is 12.8. The van der Waals surface area contributed by atoms with E-state index in [0.29, 0.717) is 12.0 Å². The Morgan fingerprint density at radius 2 is 1.96 bits per heavy atom. The molecule has 5 heteroatoms. The zero-order valence-electron chi connectivity index (χ0n) is 14.3. The Hall–Kier alpha value is -2.30. The average Bonchev–Trinajstić information content (AvgIpc) is 2.93. The van der Waals surface area contributed by atoms with Crippen LogP contribution in [0.2, 0.25) is 0 Å². The minimum Gasteiger partial charge on any atom is -0.464 e. The van der Waals surface area contributed by atoms with Gasteiger partial charge in [0.25, 0.3) is 0 Å². The highest BCUT2D eigenvalue weighted by Crippen LogP contribution is 2.20. The Labute approximate surface area is 136 Å². The summed E-state index contributed by atoms with van der Waals surface area (Å²) in [6.45, 7) is 7.27. The number of fused-ring (bicyclic) bond motifs is 1. The molecule has 0 N–H and O–H groups in total. The van der Waals surface area contributed by atoms with Crippen LogP contribution in [-0.2, 0) is 4.74 Å². The fraction of sp³-hybridized carbons (Fsp3) is 0.444. The van der Waals surface area contributed by atoms with Crippen molar-refractivity contribution in [3.63, 3.8) is 0 Å². The summed E-state index contributed by atoms with van der Waals surface area (Å²) in [5, 5.41) is 0.866. The van der Waals surface area contributed by atoms with Crippen molar-refractivity contribution in [1.29, 1.82) is 0 Å². The van der Waals surface area contributed by atoms with Gasteiger partial charge in [0.1, 0.15) is 11.2 Å². The predicted octanol–water partition coefficient (Wildman–Crippen LogP) is 4.26. The Morgan fingerprint density at radius 3 is 2.57 bits per heavy atom. The third-order valence-electron chi connectivity index (χ3n) is 3.58. The molecule has 0 aliphatic carbocycles. The molecular formula is C18H23NO4. The maximum absolute atomic E-state index is 12.8. The summed E-state index contributed by atoms with van der Waals surface area (Å²) < 4.78 is 10.6. The van der Waals surface area contributed by atoms with Gasteiger partial charge in [0.15, 0.2) is 5.78 Å². The van der Waals surface area contributed by atoms with Crippen LogP contribution in [0.5, 0.6) is 0 Å². The number of Topliss-reactive ketones (excluding diaryl/α,β-unsaturated/α-hetero) is 1. The molecule has 1 aromatic carbocycles. The number of hydrogen-bond acceptors (Lipinski definition) is 4. The zero-order chi connectivity index (χ0) is 17.2. The molecule has 124 valence electrons. The molecule has 2 aromatic rings. The summed E-state index contributed by atoms with van der Waals surface area (Å²) in [6, 6.07) is 6.52. The van der Waals surface area contributed by atoms with E-state index in [1.54, 1.807) is 52.3 Å². The van der Waals surface area contributed by atoms with Crippen LogP contribution in [0.25, 0.3) is 11.0 Å². The molecule has 23 heavy (non-hydrogen) atoms. The van der Waals surface area contributed by atoms with Crippen molar-refractivity contribution in [3.05, 3.63) is 36.1 Å². The fourth-order valence-electron chi connectivity index (χ4n) is 2.41. The lowest BCUT2D eigenvalue weighted by molar-refractivity contribution is 0.0214. The summed E-state index contributed by atoms with van der Waals surface area (Å²) in [5.41, 5.74) is 0.693. The quantitative estimate of drug-likeness (QED) is 0.790.